The summed E-state index contributed by atoms with van der Waals surface area (Å²) in [6, 6.07) is 6.91. The van der Waals surface area contributed by atoms with Crippen molar-refractivity contribution in [3.8, 4) is 0 Å². The number of carbonyl (C=O) groups excluding carboxylic acids is 2. The number of carbonyl (C=O) groups is 2. The first-order chi connectivity index (χ1) is 12.5. The van der Waals surface area contributed by atoms with Crippen molar-refractivity contribution in [1.82, 2.24) is 9.88 Å². The molecular formula is C18H20ClN5O2S. The third-order valence-electron chi connectivity index (χ3n) is 5.02. The lowest BCUT2D eigenvalue weighted by atomic mass is 9.83. The summed E-state index contributed by atoms with van der Waals surface area (Å²) in [5.41, 5.74) is 7.28. The van der Waals surface area contributed by atoms with Crippen LogP contribution in [0.4, 0.5) is 5.13 Å². The molecule has 4 rings (SSSR count). The predicted molar refractivity (Wildman–Crippen MR) is 107 cm³/mol. The van der Waals surface area contributed by atoms with E-state index in [9.17, 15) is 9.59 Å². The van der Waals surface area contributed by atoms with Crippen LogP contribution in [0.2, 0.25) is 0 Å². The molecule has 2 amide bonds. The van der Waals surface area contributed by atoms with Gasteiger partial charge in [0.1, 0.15) is 0 Å². The van der Waals surface area contributed by atoms with Crippen LogP contribution in [0.15, 0.2) is 29.6 Å². The Labute approximate surface area is 166 Å². The molecule has 7 nitrogen and oxygen atoms in total. The van der Waals surface area contributed by atoms with Crippen molar-refractivity contribution in [2.45, 2.75) is 37.6 Å². The summed E-state index contributed by atoms with van der Waals surface area (Å²) in [5.74, 6) is -0.322. The molecule has 0 spiro atoms. The molecule has 1 aliphatic heterocycles. The Bertz CT molecular complexity index is 864. The number of imide groups is 1. The van der Waals surface area contributed by atoms with E-state index in [4.69, 9.17) is 11.1 Å². The molecule has 2 heterocycles. The smallest absolute Gasteiger partial charge is 0.261 e. The minimum Gasteiger partial charge on any atom is -0.370 e. The maximum absolute atomic E-state index is 12.7. The first-order valence-electron chi connectivity index (χ1n) is 8.58. The Kier molecular flexibility index (Phi) is 5.48. The number of nitrogens with zero attached hydrogens (tertiary/aromatic N) is 2. The van der Waals surface area contributed by atoms with Gasteiger partial charge in [-0.1, -0.05) is 18.6 Å². The van der Waals surface area contributed by atoms with Crippen molar-refractivity contribution in [2.24, 2.45) is 5.73 Å². The molecule has 142 valence electrons. The standard InChI is InChI=1S/C18H19N5O2S.ClH/c19-17(20)22-18-21-14(9-26-18)10-4-3-5-11(8-10)23-15(24)12-6-1-2-7-13(12)16(23)25;/h1-2,6-7,9-11H,3-5,8H2,(H4,19,20,21,22);1H. The minimum absolute atomic E-state index is 0. The van der Waals surface area contributed by atoms with E-state index >= 15 is 0 Å². The van der Waals surface area contributed by atoms with Crippen LogP contribution in [0, 0.1) is 5.41 Å². The van der Waals surface area contributed by atoms with Crippen molar-refractivity contribution in [2.75, 3.05) is 5.32 Å². The number of aromatic nitrogens is 1. The van der Waals surface area contributed by atoms with Gasteiger partial charge in [-0.25, -0.2) is 4.98 Å². The Morgan fingerprint density at radius 3 is 2.52 bits per heavy atom. The number of hydrogen-bond donors (Lipinski definition) is 3. The fourth-order valence-electron chi connectivity index (χ4n) is 3.85. The maximum Gasteiger partial charge on any atom is 0.261 e. The number of anilines is 1. The van der Waals surface area contributed by atoms with E-state index in [0.29, 0.717) is 22.7 Å². The summed E-state index contributed by atoms with van der Waals surface area (Å²) in [7, 11) is 0. The number of thiazole rings is 1. The molecule has 1 aromatic heterocycles. The first kappa shape index (κ1) is 19.3. The molecule has 1 aliphatic carbocycles. The summed E-state index contributed by atoms with van der Waals surface area (Å²) in [4.78, 5) is 31.4. The van der Waals surface area contributed by atoms with Crippen LogP contribution in [0.1, 0.15) is 58.0 Å². The van der Waals surface area contributed by atoms with Gasteiger partial charge < -0.3 is 11.1 Å². The zero-order chi connectivity index (χ0) is 18.3. The van der Waals surface area contributed by atoms with Crippen LogP contribution in [-0.4, -0.2) is 33.7 Å². The predicted octanol–water partition coefficient (Wildman–Crippen LogP) is 3.19. The number of rotatable bonds is 3. The van der Waals surface area contributed by atoms with Gasteiger partial charge in [0.05, 0.1) is 16.8 Å². The van der Waals surface area contributed by atoms with E-state index in [1.54, 1.807) is 24.3 Å². The monoisotopic (exact) mass is 405 g/mol. The molecule has 1 saturated carbocycles. The SMILES string of the molecule is Cl.N=C(N)Nc1nc(C2CCCC(N3C(=O)c4ccccc4C3=O)C2)cs1. The second kappa shape index (κ2) is 7.66. The van der Waals surface area contributed by atoms with Crippen LogP contribution in [0.3, 0.4) is 0 Å². The molecule has 9 heteroatoms. The van der Waals surface area contributed by atoms with Crippen LogP contribution >= 0.6 is 23.7 Å². The number of halogens is 1. The molecule has 0 saturated heterocycles. The highest BCUT2D eigenvalue weighted by Gasteiger charge is 2.41. The average molecular weight is 406 g/mol. The summed E-state index contributed by atoms with van der Waals surface area (Å²) < 4.78 is 0. The van der Waals surface area contributed by atoms with Gasteiger partial charge in [0.2, 0.25) is 0 Å². The van der Waals surface area contributed by atoms with Crippen LogP contribution in [-0.2, 0) is 0 Å². The van der Waals surface area contributed by atoms with E-state index < -0.39 is 0 Å². The van der Waals surface area contributed by atoms with Crippen molar-refractivity contribution in [3.63, 3.8) is 0 Å². The molecule has 2 atom stereocenters. The summed E-state index contributed by atoms with van der Waals surface area (Å²) >= 11 is 1.41. The molecule has 4 N–H and O–H groups in total. The topological polar surface area (TPSA) is 112 Å². The van der Waals surface area contributed by atoms with Gasteiger partial charge in [0, 0.05) is 17.3 Å². The third kappa shape index (κ3) is 3.54. The molecule has 1 fully saturated rings. The van der Waals surface area contributed by atoms with E-state index in [1.165, 1.54) is 16.2 Å². The largest absolute Gasteiger partial charge is 0.370 e. The Hall–Kier alpha value is -2.45. The van der Waals surface area contributed by atoms with Gasteiger partial charge in [-0.15, -0.1) is 23.7 Å². The number of hydrogen-bond acceptors (Lipinski definition) is 5. The van der Waals surface area contributed by atoms with Crippen LogP contribution < -0.4 is 11.1 Å². The second-order valence-electron chi connectivity index (χ2n) is 6.66. The third-order valence-corrected chi connectivity index (χ3v) is 5.79. The summed E-state index contributed by atoms with van der Waals surface area (Å²) in [6.45, 7) is 0. The van der Waals surface area contributed by atoms with Gasteiger partial charge in [-0.3, -0.25) is 19.9 Å². The van der Waals surface area contributed by atoms with Gasteiger partial charge >= 0.3 is 0 Å². The Morgan fingerprint density at radius 2 is 1.89 bits per heavy atom. The highest BCUT2D eigenvalue weighted by atomic mass is 35.5. The highest BCUT2D eigenvalue weighted by molar-refractivity contribution is 7.13. The Morgan fingerprint density at radius 1 is 1.22 bits per heavy atom. The fraction of sp³-hybridized carbons (Fsp3) is 0.333. The molecule has 1 aromatic carbocycles. The molecule has 2 aromatic rings. The second-order valence-corrected chi connectivity index (χ2v) is 7.52. The number of benzene rings is 1. The Balaban J connectivity index is 0.00000210. The molecule has 2 unspecified atom stereocenters. The van der Waals surface area contributed by atoms with Crippen molar-refractivity contribution < 1.29 is 9.59 Å². The van der Waals surface area contributed by atoms with Gasteiger partial charge in [0.25, 0.3) is 11.8 Å². The van der Waals surface area contributed by atoms with Crippen molar-refractivity contribution >= 4 is 46.6 Å². The lowest BCUT2D eigenvalue weighted by molar-refractivity contribution is 0.0539. The summed E-state index contributed by atoms with van der Waals surface area (Å²) in [5, 5.41) is 12.5. The molecular weight excluding hydrogens is 386 g/mol. The molecule has 2 aliphatic rings. The van der Waals surface area contributed by atoms with Crippen molar-refractivity contribution in [1.29, 1.82) is 5.41 Å². The number of nitrogens with two attached hydrogens (primary N) is 1. The minimum atomic E-state index is -0.187. The normalized spacial score (nSPS) is 21.6. The van der Waals surface area contributed by atoms with E-state index in [0.717, 1.165) is 25.0 Å². The van der Waals surface area contributed by atoms with E-state index in [-0.39, 0.29) is 42.1 Å². The highest BCUT2D eigenvalue weighted by Crippen LogP contribution is 2.38. The zero-order valence-electron chi connectivity index (χ0n) is 14.5. The number of nitrogens with one attached hydrogen (secondary N) is 2. The maximum atomic E-state index is 12.7. The van der Waals surface area contributed by atoms with Crippen LogP contribution in [0.5, 0.6) is 0 Å². The number of guanidine groups is 1. The van der Waals surface area contributed by atoms with Crippen molar-refractivity contribution in [3.05, 3.63) is 46.5 Å². The van der Waals surface area contributed by atoms with Gasteiger partial charge in [-0.2, -0.15) is 0 Å². The fourth-order valence-corrected chi connectivity index (χ4v) is 4.66. The van der Waals surface area contributed by atoms with E-state index in [1.807, 2.05) is 5.38 Å². The number of fused-ring (bicyclic) bond motifs is 1. The number of amides is 2. The quantitative estimate of drug-likeness (QED) is 0.412. The molecule has 0 radical (unpaired) electrons. The average Bonchev–Trinajstić information content (AvgIpc) is 3.19. The molecule has 27 heavy (non-hydrogen) atoms. The van der Waals surface area contributed by atoms with E-state index in [2.05, 4.69) is 10.3 Å². The summed E-state index contributed by atoms with van der Waals surface area (Å²) in [6.07, 6.45) is 3.46. The van der Waals surface area contributed by atoms with Gasteiger partial charge in [0.15, 0.2) is 11.1 Å². The molecule has 0 bridgehead atoms. The van der Waals surface area contributed by atoms with Gasteiger partial charge in [-0.05, 0) is 31.4 Å². The lowest BCUT2D eigenvalue weighted by Gasteiger charge is -2.33. The first-order valence-corrected chi connectivity index (χ1v) is 9.46. The zero-order valence-corrected chi connectivity index (χ0v) is 16.1. The lowest BCUT2D eigenvalue weighted by Crippen LogP contribution is -2.42. The van der Waals surface area contributed by atoms with Crippen LogP contribution in [0.25, 0.3) is 0 Å².